The van der Waals surface area contributed by atoms with E-state index < -0.39 is 0 Å². The van der Waals surface area contributed by atoms with E-state index >= 15 is 0 Å². The smallest absolute Gasteiger partial charge is 0.407 e. The number of rotatable bonds is 23. The van der Waals surface area contributed by atoms with Crippen molar-refractivity contribution in [3.8, 4) is 0 Å². The Balaban J connectivity index is 0. The number of carbonyl (C=O) groups is 1. The average molecular weight is 522 g/mol. The van der Waals surface area contributed by atoms with E-state index in [2.05, 4.69) is 33.3 Å². The molecular weight excluding hydrogens is 464 g/mol. The minimum Gasteiger partial charge on any atom is -1.00 e. The summed E-state index contributed by atoms with van der Waals surface area (Å²) in [5, 5.41) is 2.86. The van der Waals surface area contributed by atoms with Gasteiger partial charge in [0.05, 0.1) is 20.6 Å². The van der Waals surface area contributed by atoms with Crippen molar-refractivity contribution in [1.82, 2.24) is 5.32 Å². The Morgan fingerprint density at radius 2 is 1.03 bits per heavy atom. The summed E-state index contributed by atoms with van der Waals surface area (Å²) in [7, 11) is 4.49. The van der Waals surface area contributed by atoms with E-state index in [4.69, 9.17) is 4.74 Å². The molecule has 0 aliphatic rings. The second kappa shape index (κ2) is 25.3. The van der Waals surface area contributed by atoms with E-state index in [1.54, 1.807) is 0 Å². The summed E-state index contributed by atoms with van der Waals surface area (Å²) in [4.78, 5) is 11.7. The fourth-order valence-corrected chi connectivity index (χ4v) is 4.02. The zero-order valence-electron chi connectivity index (χ0n) is 22.2. The number of nitrogens with one attached hydrogen (secondary N) is 1. The van der Waals surface area contributed by atoms with E-state index in [1.807, 2.05) is 0 Å². The van der Waals surface area contributed by atoms with Crippen LogP contribution in [0.2, 0.25) is 0 Å². The highest BCUT2D eigenvalue weighted by atomic mass is 79.9. The number of alkyl carbamates (subject to hydrolysis) is 1. The van der Waals surface area contributed by atoms with E-state index in [0.717, 1.165) is 24.0 Å². The molecule has 194 valence electrons. The van der Waals surface area contributed by atoms with Gasteiger partial charge >= 0.3 is 6.09 Å². The minimum absolute atomic E-state index is 0. The number of likely N-dealkylation sites (N-methyl/N-ethyl adjacent to an activating group) is 1. The molecule has 5 heteroatoms. The topological polar surface area (TPSA) is 38.3 Å². The molecule has 0 heterocycles. The number of nitrogens with zero attached hydrogens (tertiary/aromatic N) is 1. The van der Waals surface area contributed by atoms with E-state index in [-0.39, 0.29) is 23.1 Å². The Labute approximate surface area is 212 Å². The first-order valence-corrected chi connectivity index (χ1v) is 13.7. The predicted molar refractivity (Wildman–Crippen MR) is 136 cm³/mol. The Bertz CT molecular complexity index is 392. The van der Waals surface area contributed by atoms with Crippen LogP contribution in [0.3, 0.4) is 0 Å². The van der Waals surface area contributed by atoms with Crippen LogP contribution in [0.5, 0.6) is 0 Å². The molecule has 0 saturated carbocycles. The van der Waals surface area contributed by atoms with Crippen LogP contribution in [0.1, 0.15) is 129 Å². The fourth-order valence-electron chi connectivity index (χ4n) is 4.02. The van der Waals surface area contributed by atoms with Crippen molar-refractivity contribution in [3.63, 3.8) is 0 Å². The molecule has 0 aromatic heterocycles. The Hall–Kier alpha value is -0.290. The monoisotopic (exact) mass is 520 g/mol. The number of hydrogen-bond donors (Lipinski definition) is 1. The van der Waals surface area contributed by atoms with Crippen LogP contribution in [-0.4, -0.2) is 50.9 Å². The number of ether oxygens (including phenoxy) is 1. The van der Waals surface area contributed by atoms with Crippen LogP contribution in [0.4, 0.5) is 4.79 Å². The van der Waals surface area contributed by atoms with Crippen molar-refractivity contribution < 1.29 is 31.0 Å². The van der Waals surface area contributed by atoms with Crippen LogP contribution in [-0.2, 0) is 4.74 Å². The van der Waals surface area contributed by atoms with Crippen molar-refractivity contribution >= 4 is 6.09 Å². The quantitative estimate of drug-likeness (QED) is 0.154. The summed E-state index contributed by atoms with van der Waals surface area (Å²) in [6.07, 6.45) is 24.0. The molecule has 1 amide bonds. The summed E-state index contributed by atoms with van der Waals surface area (Å²) in [5.74, 6) is 0. The summed E-state index contributed by atoms with van der Waals surface area (Å²) < 4.78 is 6.28. The van der Waals surface area contributed by atoms with Gasteiger partial charge in [0, 0.05) is 6.54 Å². The van der Waals surface area contributed by atoms with Gasteiger partial charge in [-0.1, -0.05) is 110 Å². The van der Waals surface area contributed by atoms with Gasteiger partial charge in [0.15, 0.2) is 0 Å². The first-order chi connectivity index (χ1) is 15.0. The summed E-state index contributed by atoms with van der Waals surface area (Å²) >= 11 is 0. The van der Waals surface area contributed by atoms with Crippen molar-refractivity contribution in [2.24, 2.45) is 0 Å². The van der Waals surface area contributed by atoms with E-state index in [9.17, 15) is 4.79 Å². The zero-order chi connectivity index (χ0) is 23.0. The Morgan fingerprint density at radius 1 is 0.625 bits per heavy atom. The first-order valence-electron chi connectivity index (χ1n) is 13.7. The first kappa shape index (κ1) is 33.9. The van der Waals surface area contributed by atoms with E-state index in [1.165, 1.54) is 116 Å². The fraction of sp³-hybridized carbons (Fsp3) is 0.963. The van der Waals surface area contributed by atoms with Gasteiger partial charge in [0.25, 0.3) is 0 Å². The third kappa shape index (κ3) is 26.0. The Kier molecular flexibility index (Phi) is 26.8. The van der Waals surface area contributed by atoms with Gasteiger partial charge in [-0.25, -0.2) is 4.79 Å². The van der Waals surface area contributed by atoms with Crippen LogP contribution in [0.15, 0.2) is 0 Å². The second-order valence-corrected chi connectivity index (χ2v) is 10.1. The molecule has 32 heavy (non-hydrogen) atoms. The number of halogens is 1. The van der Waals surface area contributed by atoms with Gasteiger partial charge in [-0.3, -0.25) is 0 Å². The molecule has 0 atom stereocenters. The molecule has 0 radical (unpaired) electrons. The van der Waals surface area contributed by atoms with Gasteiger partial charge in [0.2, 0.25) is 0 Å². The summed E-state index contributed by atoms with van der Waals surface area (Å²) in [6, 6.07) is 0. The summed E-state index contributed by atoms with van der Waals surface area (Å²) in [5.41, 5.74) is 0. The van der Waals surface area contributed by atoms with Gasteiger partial charge in [0.1, 0.15) is 13.2 Å². The van der Waals surface area contributed by atoms with Crippen LogP contribution >= 0.6 is 0 Å². The average Bonchev–Trinajstić information content (AvgIpc) is 2.73. The van der Waals surface area contributed by atoms with Gasteiger partial charge in [-0.15, -0.1) is 0 Å². The second-order valence-electron chi connectivity index (χ2n) is 10.1. The minimum atomic E-state index is -0.256. The molecule has 4 nitrogen and oxygen atoms in total. The molecule has 0 rings (SSSR count). The largest absolute Gasteiger partial charge is 1.00 e. The number of quaternary nitrogens is 1. The molecule has 0 saturated heterocycles. The van der Waals surface area contributed by atoms with Crippen molar-refractivity contribution in [1.29, 1.82) is 0 Å². The number of unbranched alkanes of at least 4 members (excludes halogenated alkanes) is 16. The standard InChI is InChI=1S/C27H56N2O2.BrH/c1-5-7-9-11-12-13-14-15-16-17-18-19-20-22-24-29(3,4)25-26-31-27(30)28-23-21-10-8-6-2;/h5-26H2,1-4H3;1H. The molecular formula is C27H57BrN2O2. The number of hydrogen-bond acceptors (Lipinski definition) is 2. The molecule has 0 aromatic carbocycles. The van der Waals surface area contributed by atoms with Crippen molar-refractivity contribution in [2.75, 3.05) is 40.3 Å². The lowest BCUT2D eigenvalue weighted by molar-refractivity contribution is -0.890. The third-order valence-corrected chi connectivity index (χ3v) is 6.35. The van der Waals surface area contributed by atoms with Crippen LogP contribution < -0.4 is 22.3 Å². The molecule has 0 aliphatic heterocycles. The lowest BCUT2D eigenvalue weighted by Gasteiger charge is -2.29. The van der Waals surface area contributed by atoms with Gasteiger partial charge in [-0.05, 0) is 19.3 Å². The van der Waals surface area contributed by atoms with Gasteiger partial charge < -0.3 is 31.5 Å². The van der Waals surface area contributed by atoms with Crippen LogP contribution in [0.25, 0.3) is 0 Å². The maximum atomic E-state index is 11.7. The van der Waals surface area contributed by atoms with Crippen molar-refractivity contribution in [2.45, 2.75) is 129 Å². The molecule has 0 spiro atoms. The molecule has 0 aliphatic carbocycles. The maximum absolute atomic E-state index is 11.7. The molecule has 0 bridgehead atoms. The van der Waals surface area contributed by atoms with Crippen LogP contribution in [0, 0.1) is 0 Å². The highest BCUT2D eigenvalue weighted by molar-refractivity contribution is 5.66. The molecule has 0 aromatic rings. The highest BCUT2D eigenvalue weighted by Gasteiger charge is 2.15. The summed E-state index contributed by atoms with van der Waals surface area (Å²) in [6.45, 7) is 7.78. The normalized spacial score (nSPS) is 11.2. The Morgan fingerprint density at radius 3 is 1.50 bits per heavy atom. The van der Waals surface area contributed by atoms with E-state index in [0.29, 0.717) is 6.61 Å². The predicted octanol–water partition coefficient (Wildman–Crippen LogP) is 4.85. The lowest BCUT2D eigenvalue weighted by Crippen LogP contribution is -3.00. The zero-order valence-corrected chi connectivity index (χ0v) is 23.8. The lowest BCUT2D eigenvalue weighted by atomic mass is 10.0. The molecule has 0 fully saturated rings. The maximum Gasteiger partial charge on any atom is 0.407 e. The van der Waals surface area contributed by atoms with Crippen molar-refractivity contribution in [3.05, 3.63) is 0 Å². The number of carbonyl (C=O) groups excluding carboxylic acids is 1. The van der Waals surface area contributed by atoms with Gasteiger partial charge in [-0.2, -0.15) is 0 Å². The third-order valence-electron chi connectivity index (χ3n) is 6.35. The number of amides is 1. The molecule has 1 N–H and O–H groups in total. The molecule has 0 unspecified atom stereocenters. The SMILES string of the molecule is CCCCCCCCCCCCCCCC[N+](C)(C)CCOC(=O)NCCCCCC.[Br-]. The highest BCUT2D eigenvalue weighted by Crippen LogP contribution is 2.13.